The lowest BCUT2D eigenvalue weighted by atomic mass is 10.0. The van der Waals surface area contributed by atoms with Crippen LogP contribution in [0.5, 0.6) is 0 Å². The van der Waals surface area contributed by atoms with Crippen LogP contribution < -0.4 is 5.32 Å². The highest BCUT2D eigenvalue weighted by Crippen LogP contribution is 2.21. The van der Waals surface area contributed by atoms with E-state index in [-0.39, 0.29) is 0 Å². The molecule has 0 fully saturated rings. The molecule has 0 saturated carbocycles. The van der Waals surface area contributed by atoms with E-state index < -0.39 is 0 Å². The summed E-state index contributed by atoms with van der Waals surface area (Å²) in [5, 5.41) is 3.11. The minimum Gasteiger partial charge on any atom is -0.371 e. The van der Waals surface area contributed by atoms with E-state index in [0.29, 0.717) is 6.00 Å². The SMILES string of the molecule is Cc1ccc(NCCl)c(C)c1C. The molecule has 1 aromatic carbocycles. The van der Waals surface area contributed by atoms with Crippen LogP contribution in [0.2, 0.25) is 0 Å². The van der Waals surface area contributed by atoms with Gasteiger partial charge in [0, 0.05) is 5.69 Å². The van der Waals surface area contributed by atoms with Gasteiger partial charge in [-0.05, 0) is 43.5 Å². The standard InChI is InChI=1S/C10H14ClN/c1-7-4-5-10(12-6-11)9(3)8(7)2/h4-5,12H,6H2,1-3H3. The molecule has 0 atom stereocenters. The molecule has 0 amide bonds. The van der Waals surface area contributed by atoms with E-state index in [0.717, 1.165) is 5.69 Å². The first kappa shape index (κ1) is 9.40. The van der Waals surface area contributed by atoms with Crippen molar-refractivity contribution in [2.75, 3.05) is 11.3 Å². The zero-order valence-electron chi connectivity index (χ0n) is 7.74. The van der Waals surface area contributed by atoms with E-state index in [1.54, 1.807) is 0 Å². The Morgan fingerprint density at radius 1 is 1.17 bits per heavy atom. The molecule has 0 radical (unpaired) electrons. The van der Waals surface area contributed by atoms with Crippen LogP contribution >= 0.6 is 11.6 Å². The number of halogens is 1. The highest BCUT2D eigenvalue weighted by Gasteiger charge is 2.01. The Balaban J connectivity index is 3.08. The number of hydrogen-bond donors (Lipinski definition) is 1. The van der Waals surface area contributed by atoms with Crippen molar-refractivity contribution in [3.8, 4) is 0 Å². The summed E-state index contributed by atoms with van der Waals surface area (Å²) in [5.74, 6) is 0. The zero-order valence-corrected chi connectivity index (χ0v) is 8.50. The molecule has 12 heavy (non-hydrogen) atoms. The normalized spacial score (nSPS) is 10.0. The average Bonchev–Trinajstić information content (AvgIpc) is 2.07. The highest BCUT2D eigenvalue weighted by molar-refractivity contribution is 6.18. The largest absolute Gasteiger partial charge is 0.371 e. The number of nitrogens with one attached hydrogen (secondary N) is 1. The molecule has 0 aliphatic rings. The van der Waals surface area contributed by atoms with Crippen LogP contribution in [0.25, 0.3) is 0 Å². The molecule has 0 bridgehead atoms. The Morgan fingerprint density at radius 2 is 1.83 bits per heavy atom. The minimum atomic E-state index is 0.462. The van der Waals surface area contributed by atoms with Crippen molar-refractivity contribution in [1.82, 2.24) is 0 Å². The molecule has 66 valence electrons. The van der Waals surface area contributed by atoms with Crippen LogP contribution in [0.1, 0.15) is 16.7 Å². The number of rotatable bonds is 2. The predicted octanol–water partition coefficient (Wildman–Crippen LogP) is 3.22. The maximum Gasteiger partial charge on any atom is 0.0901 e. The molecule has 0 aromatic heterocycles. The summed E-state index contributed by atoms with van der Waals surface area (Å²) in [5.41, 5.74) is 5.08. The van der Waals surface area contributed by atoms with Crippen molar-refractivity contribution in [2.45, 2.75) is 20.8 Å². The minimum absolute atomic E-state index is 0.462. The van der Waals surface area contributed by atoms with Crippen LogP contribution in [-0.4, -0.2) is 6.00 Å². The van der Waals surface area contributed by atoms with Crippen molar-refractivity contribution in [3.05, 3.63) is 28.8 Å². The van der Waals surface area contributed by atoms with Gasteiger partial charge in [0.15, 0.2) is 0 Å². The molecular formula is C10H14ClN. The molecular weight excluding hydrogens is 170 g/mol. The fourth-order valence-corrected chi connectivity index (χ4v) is 1.36. The number of alkyl halides is 1. The van der Waals surface area contributed by atoms with E-state index in [2.05, 4.69) is 38.2 Å². The smallest absolute Gasteiger partial charge is 0.0901 e. The first-order valence-electron chi connectivity index (χ1n) is 4.03. The first-order valence-corrected chi connectivity index (χ1v) is 4.57. The van der Waals surface area contributed by atoms with Crippen LogP contribution in [0, 0.1) is 20.8 Å². The third kappa shape index (κ3) is 1.72. The van der Waals surface area contributed by atoms with Gasteiger partial charge < -0.3 is 5.32 Å². The zero-order chi connectivity index (χ0) is 9.14. The predicted molar refractivity (Wildman–Crippen MR) is 55.0 cm³/mol. The molecule has 2 heteroatoms. The number of hydrogen-bond acceptors (Lipinski definition) is 1. The molecule has 1 N–H and O–H groups in total. The monoisotopic (exact) mass is 183 g/mol. The Morgan fingerprint density at radius 3 is 2.42 bits per heavy atom. The van der Waals surface area contributed by atoms with Crippen LogP contribution in [-0.2, 0) is 0 Å². The van der Waals surface area contributed by atoms with Crippen LogP contribution in [0.4, 0.5) is 5.69 Å². The lowest BCUT2D eigenvalue weighted by Gasteiger charge is -2.11. The van der Waals surface area contributed by atoms with Gasteiger partial charge in [0.1, 0.15) is 0 Å². The van der Waals surface area contributed by atoms with Gasteiger partial charge in [-0.3, -0.25) is 0 Å². The fraction of sp³-hybridized carbons (Fsp3) is 0.400. The van der Waals surface area contributed by atoms with Crippen molar-refractivity contribution in [3.63, 3.8) is 0 Å². The molecule has 0 heterocycles. The average molecular weight is 184 g/mol. The lowest BCUT2D eigenvalue weighted by Crippen LogP contribution is -1.99. The third-order valence-corrected chi connectivity index (χ3v) is 2.45. The second-order valence-corrected chi connectivity index (χ2v) is 3.26. The molecule has 0 aliphatic carbocycles. The van der Waals surface area contributed by atoms with Crippen LogP contribution in [0.3, 0.4) is 0 Å². The molecule has 0 aliphatic heterocycles. The second-order valence-electron chi connectivity index (χ2n) is 2.99. The van der Waals surface area contributed by atoms with E-state index in [4.69, 9.17) is 11.6 Å². The number of benzene rings is 1. The lowest BCUT2D eigenvalue weighted by molar-refractivity contribution is 1.25. The van der Waals surface area contributed by atoms with Crippen molar-refractivity contribution in [1.29, 1.82) is 0 Å². The van der Waals surface area contributed by atoms with Gasteiger partial charge in [-0.25, -0.2) is 0 Å². The summed E-state index contributed by atoms with van der Waals surface area (Å²) in [6.45, 7) is 6.36. The summed E-state index contributed by atoms with van der Waals surface area (Å²) in [6.07, 6.45) is 0. The second kappa shape index (κ2) is 3.81. The van der Waals surface area contributed by atoms with Gasteiger partial charge in [-0.2, -0.15) is 0 Å². The summed E-state index contributed by atoms with van der Waals surface area (Å²) in [4.78, 5) is 0. The number of aryl methyl sites for hydroxylation is 1. The van der Waals surface area contributed by atoms with Gasteiger partial charge in [0.25, 0.3) is 0 Å². The van der Waals surface area contributed by atoms with E-state index in [1.165, 1.54) is 16.7 Å². The number of anilines is 1. The third-order valence-electron chi connectivity index (χ3n) is 2.32. The molecule has 1 rings (SSSR count). The Kier molecular flexibility index (Phi) is 2.99. The highest BCUT2D eigenvalue weighted by atomic mass is 35.5. The van der Waals surface area contributed by atoms with E-state index in [1.807, 2.05) is 0 Å². The van der Waals surface area contributed by atoms with Crippen molar-refractivity contribution in [2.24, 2.45) is 0 Å². The summed E-state index contributed by atoms with van der Waals surface area (Å²) >= 11 is 5.59. The summed E-state index contributed by atoms with van der Waals surface area (Å²) in [6, 6.07) is 4.64. The van der Waals surface area contributed by atoms with Gasteiger partial charge in [-0.15, -0.1) is 11.6 Å². The van der Waals surface area contributed by atoms with Gasteiger partial charge in [-0.1, -0.05) is 6.07 Å². The molecule has 1 nitrogen and oxygen atoms in total. The maximum absolute atomic E-state index is 5.59. The maximum atomic E-state index is 5.59. The Hall–Kier alpha value is -0.690. The molecule has 1 aromatic rings. The summed E-state index contributed by atoms with van der Waals surface area (Å²) < 4.78 is 0. The van der Waals surface area contributed by atoms with Gasteiger partial charge in [0.2, 0.25) is 0 Å². The Bertz CT molecular complexity index is 281. The van der Waals surface area contributed by atoms with E-state index in [9.17, 15) is 0 Å². The first-order chi connectivity index (χ1) is 5.66. The molecule has 0 unspecified atom stereocenters. The van der Waals surface area contributed by atoms with Gasteiger partial charge in [0.05, 0.1) is 6.00 Å². The van der Waals surface area contributed by atoms with Crippen LogP contribution in [0.15, 0.2) is 12.1 Å². The molecule has 0 saturated heterocycles. The summed E-state index contributed by atoms with van der Waals surface area (Å²) in [7, 11) is 0. The van der Waals surface area contributed by atoms with E-state index >= 15 is 0 Å². The fourth-order valence-electron chi connectivity index (χ4n) is 1.22. The Labute approximate surface area is 78.7 Å². The van der Waals surface area contributed by atoms with Crippen molar-refractivity contribution >= 4 is 17.3 Å². The molecule has 0 spiro atoms. The van der Waals surface area contributed by atoms with Gasteiger partial charge >= 0.3 is 0 Å². The van der Waals surface area contributed by atoms with Crippen molar-refractivity contribution < 1.29 is 0 Å². The topological polar surface area (TPSA) is 12.0 Å². The quantitative estimate of drug-likeness (QED) is 0.549.